The van der Waals surface area contributed by atoms with E-state index in [9.17, 15) is 4.79 Å². The highest BCUT2D eigenvalue weighted by Gasteiger charge is 2.24. The molecule has 2 aliphatic rings. The average molecular weight is 478 g/mol. The number of methoxy groups -OCH3 is 1. The lowest BCUT2D eigenvalue weighted by Gasteiger charge is -2.21. The molecule has 0 saturated heterocycles. The van der Waals surface area contributed by atoms with Gasteiger partial charge in [-0.3, -0.25) is 9.69 Å². The highest BCUT2D eigenvalue weighted by molar-refractivity contribution is 5.76. The Morgan fingerprint density at radius 1 is 1.11 bits per heavy atom. The van der Waals surface area contributed by atoms with E-state index in [-0.39, 0.29) is 18.7 Å². The van der Waals surface area contributed by atoms with Gasteiger partial charge in [-0.05, 0) is 36.6 Å². The van der Waals surface area contributed by atoms with Crippen LogP contribution < -0.4 is 19.5 Å². The molecular weight excluding hydrogens is 446 g/mol. The summed E-state index contributed by atoms with van der Waals surface area (Å²) in [4.78, 5) is 14.9. The molecule has 0 bridgehead atoms. The van der Waals surface area contributed by atoms with Crippen LogP contribution in [-0.2, 0) is 30.7 Å². The standard InChI is InChI=1S/C26H31N5O4/c1-18(27-24(32)9-8-19-6-4-3-5-7-19)26-29-28-23-10-11-30(12-13-31(23)26)16-20-14-21(33-2)25-22(15-20)34-17-35-25/h3-7,14-15,18H,8-13,16-17H2,1-2H3,(H,27,32)/t18-/m1/s1. The lowest BCUT2D eigenvalue weighted by molar-refractivity contribution is -0.121. The summed E-state index contributed by atoms with van der Waals surface area (Å²) in [6.45, 7) is 5.45. The molecule has 0 aliphatic carbocycles. The molecule has 1 N–H and O–H groups in total. The van der Waals surface area contributed by atoms with Gasteiger partial charge in [0.1, 0.15) is 5.82 Å². The predicted molar refractivity (Wildman–Crippen MR) is 129 cm³/mol. The maximum atomic E-state index is 12.5. The highest BCUT2D eigenvalue weighted by atomic mass is 16.7. The van der Waals surface area contributed by atoms with Crippen LogP contribution in [-0.4, -0.2) is 52.6 Å². The van der Waals surface area contributed by atoms with E-state index in [1.807, 2.05) is 49.4 Å². The van der Waals surface area contributed by atoms with E-state index >= 15 is 0 Å². The predicted octanol–water partition coefficient (Wildman–Crippen LogP) is 2.88. The largest absolute Gasteiger partial charge is 0.493 e. The van der Waals surface area contributed by atoms with Gasteiger partial charge in [0.05, 0.1) is 13.2 Å². The molecule has 0 radical (unpaired) electrons. The van der Waals surface area contributed by atoms with Crippen LogP contribution >= 0.6 is 0 Å². The molecule has 0 unspecified atom stereocenters. The van der Waals surface area contributed by atoms with E-state index in [0.717, 1.165) is 67.5 Å². The normalized spacial score (nSPS) is 15.8. The lowest BCUT2D eigenvalue weighted by Crippen LogP contribution is -2.30. The molecule has 184 valence electrons. The van der Waals surface area contributed by atoms with Crippen molar-refractivity contribution in [3.63, 3.8) is 0 Å². The minimum atomic E-state index is -0.204. The summed E-state index contributed by atoms with van der Waals surface area (Å²) < 4.78 is 18.7. The lowest BCUT2D eigenvalue weighted by atomic mass is 10.1. The van der Waals surface area contributed by atoms with Gasteiger partial charge in [0, 0.05) is 39.0 Å². The molecule has 1 aromatic heterocycles. The molecule has 3 heterocycles. The Hall–Kier alpha value is -3.59. The molecule has 9 nitrogen and oxygen atoms in total. The maximum absolute atomic E-state index is 12.5. The molecule has 5 rings (SSSR count). The molecule has 2 aromatic carbocycles. The number of benzene rings is 2. The molecule has 0 spiro atoms. The van der Waals surface area contributed by atoms with Crippen molar-refractivity contribution in [3.05, 3.63) is 65.2 Å². The smallest absolute Gasteiger partial charge is 0.231 e. The number of hydrogen-bond acceptors (Lipinski definition) is 7. The summed E-state index contributed by atoms with van der Waals surface area (Å²) in [5.74, 6) is 3.87. The molecule has 1 amide bonds. The molecule has 0 fully saturated rings. The second-order valence-corrected chi connectivity index (χ2v) is 8.96. The summed E-state index contributed by atoms with van der Waals surface area (Å²) >= 11 is 0. The number of fused-ring (bicyclic) bond motifs is 2. The van der Waals surface area contributed by atoms with Crippen molar-refractivity contribution in [2.24, 2.45) is 0 Å². The Morgan fingerprint density at radius 3 is 2.80 bits per heavy atom. The van der Waals surface area contributed by atoms with E-state index in [4.69, 9.17) is 14.2 Å². The van der Waals surface area contributed by atoms with Crippen molar-refractivity contribution in [2.45, 2.75) is 45.3 Å². The quantitative estimate of drug-likeness (QED) is 0.534. The van der Waals surface area contributed by atoms with Crippen molar-refractivity contribution in [2.75, 3.05) is 27.0 Å². The van der Waals surface area contributed by atoms with Crippen molar-refractivity contribution < 1.29 is 19.0 Å². The molecular formula is C26H31N5O4. The van der Waals surface area contributed by atoms with E-state index in [1.165, 1.54) is 0 Å². The van der Waals surface area contributed by atoms with Gasteiger partial charge >= 0.3 is 0 Å². The zero-order valence-electron chi connectivity index (χ0n) is 20.2. The highest BCUT2D eigenvalue weighted by Crippen LogP contribution is 2.42. The fourth-order valence-corrected chi connectivity index (χ4v) is 4.68. The zero-order valence-corrected chi connectivity index (χ0v) is 20.2. The van der Waals surface area contributed by atoms with Gasteiger partial charge in [-0.15, -0.1) is 10.2 Å². The fraction of sp³-hybridized carbons (Fsp3) is 0.423. The number of aromatic nitrogens is 3. The van der Waals surface area contributed by atoms with Crippen LogP contribution in [0.5, 0.6) is 17.2 Å². The molecule has 3 aromatic rings. The van der Waals surface area contributed by atoms with Crippen molar-refractivity contribution >= 4 is 5.91 Å². The topological polar surface area (TPSA) is 90.7 Å². The molecule has 1 atom stereocenters. The molecule has 9 heteroatoms. The Kier molecular flexibility index (Phi) is 6.85. The van der Waals surface area contributed by atoms with E-state index < -0.39 is 0 Å². The molecule has 0 saturated carbocycles. The number of amides is 1. The second-order valence-electron chi connectivity index (χ2n) is 8.96. The Balaban J connectivity index is 1.19. The van der Waals surface area contributed by atoms with Gasteiger partial charge in [0.25, 0.3) is 0 Å². The van der Waals surface area contributed by atoms with Crippen LogP contribution in [0.25, 0.3) is 0 Å². The summed E-state index contributed by atoms with van der Waals surface area (Å²) in [6, 6.07) is 13.9. The Bertz CT molecular complexity index is 1180. The fourth-order valence-electron chi connectivity index (χ4n) is 4.68. The van der Waals surface area contributed by atoms with Crippen molar-refractivity contribution in [1.82, 2.24) is 25.0 Å². The SMILES string of the molecule is COc1cc(CN2CCc3nnc([C@@H](C)NC(=O)CCc4ccccc4)n3CC2)cc2c1OCO2. The van der Waals surface area contributed by atoms with Gasteiger partial charge in [0.15, 0.2) is 17.3 Å². The number of ether oxygens (including phenoxy) is 3. The number of aryl methyl sites for hydroxylation is 1. The third kappa shape index (κ3) is 5.24. The Labute approximate surface area is 205 Å². The summed E-state index contributed by atoms with van der Waals surface area (Å²) in [5, 5.41) is 11.9. The number of carbonyl (C=O) groups is 1. The summed E-state index contributed by atoms with van der Waals surface area (Å²) in [5.41, 5.74) is 2.27. The molecule has 35 heavy (non-hydrogen) atoms. The Morgan fingerprint density at radius 2 is 1.97 bits per heavy atom. The van der Waals surface area contributed by atoms with E-state index in [0.29, 0.717) is 17.9 Å². The van der Waals surface area contributed by atoms with Gasteiger partial charge < -0.3 is 24.1 Å². The van der Waals surface area contributed by atoms with Gasteiger partial charge in [-0.25, -0.2) is 0 Å². The van der Waals surface area contributed by atoms with E-state index in [1.54, 1.807) is 7.11 Å². The minimum Gasteiger partial charge on any atom is -0.493 e. The number of nitrogens with zero attached hydrogens (tertiary/aromatic N) is 4. The van der Waals surface area contributed by atoms with Crippen LogP contribution in [0.2, 0.25) is 0 Å². The number of rotatable bonds is 8. The zero-order chi connectivity index (χ0) is 24.2. The average Bonchev–Trinajstić information content (AvgIpc) is 3.47. The van der Waals surface area contributed by atoms with Crippen LogP contribution in [0.1, 0.15) is 42.2 Å². The van der Waals surface area contributed by atoms with Gasteiger partial charge in [-0.2, -0.15) is 0 Å². The minimum absolute atomic E-state index is 0.0192. The van der Waals surface area contributed by atoms with Gasteiger partial charge in [-0.1, -0.05) is 30.3 Å². The second kappa shape index (κ2) is 10.4. The van der Waals surface area contributed by atoms with Crippen molar-refractivity contribution in [1.29, 1.82) is 0 Å². The summed E-state index contributed by atoms with van der Waals surface area (Å²) in [7, 11) is 1.64. The molecule has 2 aliphatic heterocycles. The summed E-state index contributed by atoms with van der Waals surface area (Å²) in [6.07, 6.45) is 1.96. The number of nitrogens with one attached hydrogen (secondary N) is 1. The van der Waals surface area contributed by atoms with Crippen LogP contribution in [0.15, 0.2) is 42.5 Å². The monoisotopic (exact) mass is 477 g/mol. The third-order valence-corrected chi connectivity index (χ3v) is 6.52. The third-order valence-electron chi connectivity index (χ3n) is 6.52. The van der Waals surface area contributed by atoms with Crippen LogP contribution in [0.3, 0.4) is 0 Å². The first-order valence-electron chi connectivity index (χ1n) is 12.0. The van der Waals surface area contributed by atoms with E-state index in [2.05, 4.69) is 25.0 Å². The number of carbonyl (C=O) groups excluding carboxylic acids is 1. The first-order valence-corrected chi connectivity index (χ1v) is 12.0. The maximum Gasteiger partial charge on any atom is 0.231 e. The number of hydrogen-bond donors (Lipinski definition) is 1. The van der Waals surface area contributed by atoms with Gasteiger partial charge in [0.2, 0.25) is 18.4 Å². The first kappa shape index (κ1) is 23.2. The first-order chi connectivity index (χ1) is 17.1. The van der Waals surface area contributed by atoms with Crippen LogP contribution in [0, 0.1) is 0 Å². The van der Waals surface area contributed by atoms with Crippen molar-refractivity contribution in [3.8, 4) is 17.2 Å². The van der Waals surface area contributed by atoms with Crippen LogP contribution in [0.4, 0.5) is 0 Å².